The number of benzene rings is 1. The molecule has 0 spiro atoms. The Morgan fingerprint density at radius 1 is 1.14 bits per heavy atom. The summed E-state index contributed by atoms with van der Waals surface area (Å²) in [6, 6.07) is 7.35. The molecule has 4 rings (SSSR count). The number of aryl methyl sites for hydroxylation is 2. The van der Waals surface area contributed by atoms with Gasteiger partial charge in [-0.1, -0.05) is 42.0 Å². The molecule has 0 bridgehead atoms. The van der Waals surface area contributed by atoms with Crippen LogP contribution in [0.5, 0.6) is 0 Å². The van der Waals surface area contributed by atoms with Gasteiger partial charge in [0, 0.05) is 38.8 Å². The number of nitrogens with one attached hydrogen (secondary N) is 3. The molecule has 0 radical (unpaired) electrons. The van der Waals surface area contributed by atoms with Crippen LogP contribution in [-0.2, 0) is 4.79 Å². The predicted molar refractivity (Wildman–Crippen MR) is 148 cm³/mol. The van der Waals surface area contributed by atoms with Gasteiger partial charge in [0.25, 0.3) is 5.91 Å². The summed E-state index contributed by atoms with van der Waals surface area (Å²) in [5, 5.41) is 10.0. The van der Waals surface area contributed by atoms with Crippen molar-refractivity contribution in [2.45, 2.75) is 27.2 Å². The first-order chi connectivity index (χ1) is 17.8. The molecule has 0 atom stereocenters. The fourth-order valence-corrected chi connectivity index (χ4v) is 4.94. The van der Waals surface area contributed by atoms with Crippen LogP contribution < -0.4 is 20.9 Å². The summed E-state index contributed by atoms with van der Waals surface area (Å²) >= 11 is 7.47. The summed E-state index contributed by atoms with van der Waals surface area (Å²) in [5.41, 5.74) is 1.48. The zero-order chi connectivity index (χ0) is 26.4. The average Bonchev–Trinajstić information content (AvgIpc) is 3.33. The van der Waals surface area contributed by atoms with Gasteiger partial charge < -0.3 is 20.9 Å². The minimum atomic E-state index is -0.275. The fraction of sp³-hybridized carbons (Fsp3) is 0.400. The number of rotatable bonds is 9. The number of halogens is 1. The van der Waals surface area contributed by atoms with Crippen LogP contribution in [0.15, 0.2) is 30.5 Å². The number of amides is 2. The van der Waals surface area contributed by atoms with Crippen LogP contribution in [0.1, 0.15) is 34.4 Å². The number of para-hydroxylation sites is 1. The zero-order valence-corrected chi connectivity index (χ0v) is 22.7. The van der Waals surface area contributed by atoms with Crippen molar-refractivity contribution in [3.63, 3.8) is 0 Å². The van der Waals surface area contributed by atoms with Crippen molar-refractivity contribution in [3.8, 4) is 0 Å². The number of nitrogens with zero attached hydrogens (tertiary/aromatic N) is 5. The quantitative estimate of drug-likeness (QED) is 0.373. The van der Waals surface area contributed by atoms with Crippen LogP contribution in [0.2, 0.25) is 5.02 Å². The smallest absolute Gasteiger partial charge is 0.267 e. The van der Waals surface area contributed by atoms with Crippen molar-refractivity contribution in [3.05, 3.63) is 51.7 Å². The monoisotopic (exact) mass is 542 g/mol. The largest absolute Gasteiger partial charge is 0.355 e. The lowest BCUT2D eigenvalue weighted by Crippen LogP contribution is -2.49. The minimum absolute atomic E-state index is 0.0677. The fourth-order valence-electron chi connectivity index (χ4n) is 3.95. The van der Waals surface area contributed by atoms with Crippen LogP contribution in [-0.4, -0.2) is 70.9 Å². The Balaban J connectivity index is 1.37. The third-order valence-corrected chi connectivity index (χ3v) is 7.11. The summed E-state index contributed by atoms with van der Waals surface area (Å²) < 4.78 is 0. The Morgan fingerprint density at radius 3 is 2.65 bits per heavy atom. The number of anilines is 4. The molecule has 1 aliphatic rings. The number of hydrogen-bond donors (Lipinski definition) is 3. The Kier molecular flexibility index (Phi) is 8.91. The third-order valence-electron chi connectivity index (χ3n) is 5.89. The number of hydrogen-bond acceptors (Lipinski definition) is 9. The normalized spacial score (nSPS) is 13.9. The van der Waals surface area contributed by atoms with E-state index in [-0.39, 0.29) is 11.8 Å². The van der Waals surface area contributed by atoms with E-state index < -0.39 is 0 Å². The van der Waals surface area contributed by atoms with Gasteiger partial charge in [-0.2, -0.15) is 0 Å². The molecule has 2 aromatic heterocycles. The Bertz CT molecular complexity index is 1240. The first kappa shape index (κ1) is 26.8. The molecule has 3 N–H and O–H groups in total. The van der Waals surface area contributed by atoms with E-state index in [0.717, 1.165) is 44.0 Å². The maximum atomic E-state index is 12.8. The van der Waals surface area contributed by atoms with E-state index in [1.807, 2.05) is 39.0 Å². The summed E-state index contributed by atoms with van der Waals surface area (Å²) in [4.78, 5) is 43.0. The van der Waals surface area contributed by atoms with E-state index >= 15 is 0 Å². The standard InChI is InChI=1S/C25H31ClN8O2S/c1-4-8-27-22(35)15-33-9-11-34(12-10-33)21-13-20(29-17(3)30-21)31-25-28-14-19(37-25)24(36)32-23-16(2)6-5-7-18(23)26/h5-7,13-14H,4,8-12,15H2,1-3H3,(H,27,35)(H,32,36)(H,28,29,30,31). The first-order valence-corrected chi connectivity index (χ1v) is 13.4. The van der Waals surface area contributed by atoms with Crippen LogP contribution in [0, 0.1) is 13.8 Å². The Labute approximate surface area is 225 Å². The second kappa shape index (κ2) is 12.3. The van der Waals surface area contributed by atoms with Crippen LogP contribution >= 0.6 is 22.9 Å². The second-order valence-corrected chi connectivity index (χ2v) is 10.3. The van der Waals surface area contributed by atoms with Crippen LogP contribution in [0.3, 0.4) is 0 Å². The highest BCUT2D eigenvalue weighted by atomic mass is 35.5. The topological polar surface area (TPSA) is 115 Å². The van der Waals surface area contributed by atoms with Crippen molar-refractivity contribution < 1.29 is 9.59 Å². The summed E-state index contributed by atoms with van der Waals surface area (Å²) in [6.07, 6.45) is 2.46. The molecule has 12 heteroatoms. The van der Waals surface area contributed by atoms with Gasteiger partial charge in [-0.25, -0.2) is 15.0 Å². The predicted octanol–water partition coefficient (Wildman–Crippen LogP) is 3.85. The molecule has 37 heavy (non-hydrogen) atoms. The lowest BCUT2D eigenvalue weighted by molar-refractivity contribution is -0.122. The Morgan fingerprint density at radius 2 is 1.92 bits per heavy atom. The lowest BCUT2D eigenvalue weighted by Gasteiger charge is -2.35. The maximum Gasteiger partial charge on any atom is 0.267 e. The van der Waals surface area contributed by atoms with Gasteiger partial charge in [0.1, 0.15) is 22.3 Å². The Hall–Kier alpha value is -3.28. The highest BCUT2D eigenvalue weighted by Crippen LogP contribution is 2.28. The van der Waals surface area contributed by atoms with Gasteiger partial charge in [0.05, 0.1) is 23.5 Å². The number of carbonyl (C=O) groups is 2. The van der Waals surface area contributed by atoms with Crippen molar-refractivity contribution in [2.75, 3.05) is 54.8 Å². The van der Waals surface area contributed by atoms with Gasteiger partial charge in [0.15, 0.2) is 5.13 Å². The van der Waals surface area contributed by atoms with E-state index in [9.17, 15) is 9.59 Å². The van der Waals surface area contributed by atoms with Crippen LogP contribution in [0.25, 0.3) is 0 Å². The molecular formula is C25H31ClN8O2S. The second-order valence-electron chi connectivity index (χ2n) is 8.81. The summed E-state index contributed by atoms with van der Waals surface area (Å²) in [6.45, 7) is 9.98. The molecule has 0 saturated carbocycles. The van der Waals surface area contributed by atoms with Gasteiger partial charge in [-0.05, 0) is 31.9 Å². The van der Waals surface area contributed by atoms with Gasteiger partial charge in [0.2, 0.25) is 5.91 Å². The maximum absolute atomic E-state index is 12.8. The number of thiazole rings is 1. The van der Waals surface area contributed by atoms with Crippen molar-refractivity contribution >= 4 is 57.2 Å². The first-order valence-electron chi connectivity index (χ1n) is 12.2. The molecule has 1 aromatic carbocycles. The minimum Gasteiger partial charge on any atom is -0.355 e. The highest BCUT2D eigenvalue weighted by molar-refractivity contribution is 7.17. The van der Waals surface area contributed by atoms with Gasteiger partial charge >= 0.3 is 0 Å². The van der Waals surface area contributed by atoms with Gasteiger partial charge in [-0.15, -0.1) is 0 Å². The third kappa shape index (κ3) is 7.15. The van der Waals surface area contributed by atoms with Crippen molar-refractivity contribution in [2.24, 2.45) is 0 Å². The van der Waals surface area contributed by atoms with E-state index in [2.05, 4.69) is 40.7 Å². The van der Waals surface area contributed by atoms with Crippen LogP contribution in [0.4, 0.5) is 22.5 Å². The molecule has 2 amide bonds. The number of piperazine rings is 1. The number of aromatic nitrogens is 3. The summed E-state index contributed by atoms with van der Waals surface area (Å²) in [7, 11) is 0. The van der Waals surface area contributed by atoms with Gasteiger partial charge in [-0.3, -0.25) is 14.5 Å². The van der Waals surface area contributed by atoms with E-state index in [1.165, 1.54) is 17.5 Å². The molecule has 0 aliphatic carbocycles. The average molecular weight is 543 g/mol. The molecular weight excluding hydrogens is 512 g/mol. The molecule has 1 saturated heterocycles. The van der Waals surface area contributed by atoms with Crippen molar-refractivity contribution in [1.82, 2.24) is 25.2 Å². The molecule has 3 aromatic rings. The van der Waals surface area contributed by atoms with E-state index in [1.54, 1.807) is 6.07 Å². The molecule has 3 heterocycles. The molecule has 196 valence electrons. The summed E-state index contributed by atoms with van der Waals surface area (Å²) in [5.74, 6) is 1.84. The molecule has 1 aliphatic heterocycles. The SMILES string of the molecule is CCCNC(=O)CN1CCN(c2cc(Nc3ncc(C(=O)Nc4c(C)cccc4Cl)s3)nc(C)n2)CC1. The number of carbonyl (C=O) groups excluding carboxylic acids is 2. The van der Waals surface area contributed by atoms with E-state index in [4.69, 9.17) is 11.6 Å². The van der Waals surface area contributed by atoms with E-state index in [0.29, 0.717) is 45.5 Å². The zero-order valence-electron chi connectivity index (χ0n) is 21.2. The highest BCUT2D eigenvalue weighted by Gasteiger charge is 2.21. The lowest BCUT2D eigenvalue weighted by atomic mass is 10.2. The molecule has 1 fully saturated rings. The molecule has 10 nitrogen and oxygen atoms in total. The molecule has 0 unspecified atom stereocenters. The van der Waals surface area contributed by atoms with Crippen molar-refractivity contribution in [1.29, 1.82) is 0 Å².